The number of ether oxygens (including phenoxy) is 2. The summed E-state index contributed by atoms with van der Waals surface area (Å²) >= 11 is 0. The third-order valence-electron chi connectivity index (χ3n) is 3.81. The Bertz CT molecular complexity index is 776. The molecule has 2 aliphatic heterocycles. The third kappa shape index (κ3) is 3.46. The minimum absolute atomic E-state index is 0.0159. The Kier molecular flexibility index (Phi) is 4.79. The van der Waals surface area contributed by atoms with Crippen LogP contribution in [0, 0.1) is 5.92 Å². The minimum Gasteiger partial charge on any atom is -0.486 e. The average Bonchev–Trinajstić information content (AvgIpc) is 2.79. The molecule has 5 amide bonds. The Morgan fingerprint density at radius 3 is 2.42 bits per heavy atom. The van der Waals surface area contributed by atoms with Crippen LogP contribution in [0.4, 0.5) is 10.5 Å². The number of imide groups is 2. The molecule has 138 valence electrons. The van der Waals surface area contributed by atoms with Crippen LogP contribution < -0.4 is 14.8 Å². The lowest BCUT2D eigenvalue weighted by Gasteiger charge is -2.19. The first kappa shape index (κ1) is 17.7. The van der Waals surface area contributed by atoms with Gasteiger partial charge in [0, 0.05) is 18.3 Å². The van der Waals surface area contributed by atoms with E-state index >= 15 is 0 Å². The summed E-state index contributed by atoms with van der Waals surface area (Å²) in [5, 5.41) is 2.58. The van der Waals surface area contributed by atoms with Gasteiger partial charge in [0.15, 0.2) is 11.5 Å². The van der Waals surface area contributed by atoms with Gasteiger partial charge in [0.25, 0.3) is 0 Å². The van der Waals surface area contributed by atoms with Crippen molar-refractivity contribution in [2.24, 2.45) is 5.92 Å². The second-order valence-electron chi connectivity index (χ2n) is 6.39. The summed E-state index contributed by atoms with van der Waals surface area (Å²) < 4.78 is 10.8. The molecule has 2 aliphatic rings. The first-order valence-corrected chi connectivity index (χ1v) is 8.23. The Hall–Kier alpha value is -3.10. The maximum Gasteiger partial charge on any atom is 0.334 e. The normalized spacial score (nSPS) is 16.5. The van der Waals surface area contributed by atoms with Gasteiger partial charge in [-0.25, -0.2) is 9.69 Å². The smallest absolute Gasteiger partial charge is 0.334 e. The molecule has 0 unspecified atom stereocenters. The molecule has 0 spiro atoms. The molecule has 1 aromatic carbocycles. The number of hydrogen-bond donors (Lipinski definition) is 1. The van der Waals surface area contributed by atoms with Crippen LogP contribution in [0.2, 0.25) is 0 Å². The summed E-state index contributed by atoms with van der Waals surface area (Å²) in [7, 11) is 0. The fourth-order valence-electron chi connectivity index (χ4n) is 2.68. The zero-order valence-corrected chi connectivity index (χ0v) is 14.5. The summed E-state index contributed by atoms with van der Waals surface area (Å²) in [5.41, 5.74) is 0.434. The van der Waals surface area contributed by atoms with E-state index in [1.807, 2.05) is 13.8 Å². The molecule has 2 heterocycles. The fraction of sp³-hybridized carbons (Fsp3) is 0.412. The first-order valence-electron chi connectivity index (χ1n) is 8.23. The molecule has 1 saturated heterocycles. The van der Waals surface area contributed by atoms with E-state index in [-0.39, 0.29) is 12.5 Å². The van der Waals surface area contributed by atoms with Gasteiger partial charge < -0.3 is 14.8 Å². The highest BCUT2D eigenvalue weighted by atomic mass is 16.6. The minimum atomic E-state index is -0.993. The predicted molar refractivity (Wildman–Crippen MR) is 89.7 cm³/mol. The van der Waals surface area contributed by atoms with Crippen LogP contribution in [0.3, 0.4) is 0 Å². The Balaban J connectivity index is 1.65. The fourth-order valence-corrected chi connectivity index (χ4v) is 2.68. The molecule has 1 fully saturated rings. The summed E-state index contributed by atoms with van der Waals surface area (Å²) in [6, 6.07) is 4.10. The third-order valence-corrected chi connectivity index (χ3v) is 3.81. The molecule has 0 atom stereocenters. The maximum atomic E-state index is 12.2. The molecule has 26 heavy (non-hydrogen) atoms. The molecule has 9 nitrogen and oxygen atoms in total. The topological polar surface area (TPSA) is 105 Å². The van der Waals surface area contributed by atoms with Crippen LogP contribution in [0.25, 0.3) is 0 Å². The molecular formula is C17H19N3O6. The van der Waals surface area contributed by atoms with E-state index in [9.17, 15) is 19.2 Å². The van der Waals surface area contributed by atoms with Gasteiger partial charge in [0.1, 0.15) is 19.8 Å². The van der Waals surface area contributed by atoms with Crippen LogP contribution in [-0.2, 0) is 14.4 Å². The van der Waals surface area contributed by atoms with Gasteiger partial charge in [0.2, 0.25) is 5.91 Å². The second-order valence-corrected chi connectivity index (χ2v) is 6.39. The zero-order valence-electron chi connectivity index (χ0n) is 14.5. The van der Waals surface area contributed by atoms with Crippen molar-refractivity contribution in [3.8, 4) is 11.5 Å². The van der Waals surface area contributed by atoms with E-state index in [0.717, 1.165) is 4.90 Å². The van der Waals surface area contributed by atoms with E-state index in [1.54, 1.807) is 18.2 Å². The molecule has 0 bridgehead atoms. The number of benzene rings is 1. The number of carbonyl (C=O) groups is 4. The number of urea groups is 1. The monoisotopic (exact) mass is 361 g/mol. The maximum absolute atomic E-state index is 12.2. The molecule has 0 radical (unpaired) electrons. The van der Waals surface area contributed by atoms with Crippen molar-refractivity contribution in [2.45, 2.75) is 13.8 Å². The SMILES string of the molecule is CC(C)CN1C(=O)C(=O)N(CC(=O)Nc2ccc3c(c2)OCCO3)C1=O. The number of carbonyl (C=O) groups excluding carboxylic acids is 4. The number of rotatable bonds is 5. The predicted octanol–water partition coefficient (Wildman–Crippen LogP) is 0.843. The highest BCUT2D eigenvalue weighted by molar-refractivity contribution is 6.45. The Morgan fingerprint density at radius 2 is 1.73 bits per heavy atom. The van der Waals surface area contributed by atoms with Crippen LogP contribution in [0.1, 0.15) is 13.8 Å². The van der Waals surface area contributed by atoms with Crippen molar-refractivity contribution in [3.05, 3.63) is 18.2 Å². The van der Waals surface area contributed by atoms with Crippen molar-refractivity contribution in [1.29, 1.82) is 0 Å². The highest BCUT2D eigenvalue weighted by Crippen LogP contribution is 2.32. The van der Waals surface area contributed by atoms with Gasteiger partial charge >= 0.3 is 17.8 Å². The Morgan fingerprint density at radius 1 is 1.08 bits per heavy atom. The van der Waals surface area contributed by atoms with Crippen molar-refractivity contribution >= 4 is 29.4 Å². The summed E-state index contributed by atoms with van der Waals surface area (Å²) in [6.45, 7) is 4.11. The second kappa shape index (κ2) is 7.03. The van der Waals surface area contributed by atoms with E-state index in [2.05, 4.69) is 5.32 Å². The van der Waals surface area contributed by atoms with Gasteiger partial charge in [-0.3, -0.25) is 19.3 Å². The van der Waals surface area contributed by atoms with Gasteiger partial charge in [-0.1, -0.05) is 13.8 Å². The number of amides is 5. The zero-order chi connectivity index (χ0) is 18.8. The van der Waals surface area contributed by atoms with Crippen LogP contribution in [0.5, 0.6) is 11.5 Å². The van der Waals surface area contributed by atoms with Crippen LogP contribution >= 0.6 is 0 Å². The van der Waals surface area contributed by atoms with Crippen molar-refractivity contribution in [1.82, 2.24) is 9.80 Å². The molecule has 0 saturated carbocycles. The van der Waals surface area contributed by atoms with Crippen LogP contribution in [0.15, 0.2) is 18.2 Å². The molecule has 9 heteroatoms. The van der Waals surface area contributed by atoms with E-state index < -0.39 is 30.3 Å². The summed E-state index contributed by atoms with van der Waals surface area (Å²) in [5.74, 6) is -1.40. The molecule has 3 rings (SSSR count). The van der Waals surface area contributed by atoms with E-state index in [1.165, 1.54) is 0 Å². The molecule has 1 aromatic rings. The van der Waals surface area contributed by atoms with Gasteiger partial charge in [0.05, 0.1) is 0 Å². The standard InChI is InChI=1S/C17H19N3O6/c1-10(2)8-19-15(22)16(23)20(17(19)24)9-14(21)18-11-3-4-12-13(7-11)26-6-5-25-12/h3-4,7,10H,5-6,8-9H2,1-2H3,(H,18,21). The number of fused-ring (bicyclic) bond motifs is 1. The lowest BCUT2D eigenvalue weighted by molar-refractivity contribution is -0.143. The van der Waals surface area contributed by atoms with Gasteiger partial charge in [-0.05, 0) is 18.1 Å². The van der Waals surface area contributed by atoms with Gasteiger partial charge in [-0.2, -0.15) is 0 Å². The van der Waals surface area contributed by atoms with E-state index in [0.29, 0.717) is 35.3 Å². The van der Waals surface area contributed by atoms with Gasteiger partial charge in [-0.15, -0.1) is 0 Å². The number of nitrogens with zero attached hydrogens (tertiary/aromatic N) is 2. The number of nitrogens with one attached hydrogen (secondary N) is 1. The Labute approximate surface area is 149 Å². The molecule has 1 N–H and O–H groups in total. The lowest BCUT2D eigenvalue weighted by Crippen LogP contribution is -2.39. The van der Waals surface area contributed by atoms with Crippen molar-refractivity contribution in [3.63, 3.8) is 0 Å². The summed E-state index contributed by atoms with van der Waals surface area (Å²) in [4.78, 5) is 49.9. The van der Waals surface area contributed by atoms with Crippen molar-refractivity contribution in [2.75, 3.05) is 31.6 Å². The van der Waals surface area contributed by atoms with Crippen LogP contribution in [-0.4, -0.2) is 59.9 Å². The molecule has 0 aromatic heterocycles. The van der Waals surface area contributed by atoms with E-state index in [4.69, 9.17) is 9.47 Å². The number of hydrogen-bond acceptors (Lipinski definition) is 6. The number of anilines is 1. The highest BCUT2D eigenvalue weighted by Gasteiger charge is 2.45. The first-order chi connectivity index (χ1) is 12.4. The molecule has 0 aliphatic carbocycles. The quantitative estimate of drug-likeness (QED) is 0.616. The van der Waals surface area contributed by atoms with Crippen molar-refractivity contribution < 1.29 is 28.7 Å². The lowest BCUT2D eigenvalue weighted by atomic mass is 10.2. The summed E-state index contributed by atoms with van der Waals surface area (Å²) in [6.07, 6.45) is 0. The largest absolute Gasteiger partial charge is 0.486 e. The average molecular weight is 361 g/mol. The molecular weight excluding hydrogens is 342 g/mol.